The third-order valence-corrected chi connectivity index (χ3v) is 5.36. The second-order valence-electron chi connectivity index (χ2n) is 4.67. The van der Waals surface area contributed by atoms with Crippen molar-refractivity contribution >= 4 is 9.84 Å². The predicted octanol–water partition coefficient (Wildman–Crippen LogP) is 0.830. The Morgan fingerprint density at radius 1 is 1.07 bits per heavy atom. The maximum atomic E-state index is 11.2. The first-order valence-electron chi connectivity index (χ1n) is 5.43. The first-order valence-corrected chi connectivity index (χ1v) is 7.26. The molecule has 2 aliphatic rings. The highest BCUT2D eigenvalue weighted by atomic mass is 32.2. The van der Waals surface area contributed by atoms with Crippen LogP contribution in [0.3, 0.4) is 0 Å². The fourth-order valence-corrected chi connectivity index (χ4v) is 4.07. The molecule has 2 rings (SSSR count). The van der Waals surface area contributed by atoms with Gasteiger partial charge in [0.15, 0.2) is 0 Å². The van der Waals surface area contributed by atoms with Gasteiger partial charge in [0.2, 0.25) is 0 Å². The van der Waals surface area contributed by atoms with Gasteiger partial charge in [0, 0.05) is 6.61 Å². The van der Waals surface area contributed by atoms with Gasteiger partial charge in [-0.25, -0.2) is 8.42 Å². The van der Waals surface area contributed by atoms with Crippen LogP contribution >= 0.6 is 0 Å². The topological polar surface area (TPSA) is 54.4 Å². The van der Waals surface area contributed by atoms with Gasteiger partial charge in [0.25, 0.3) is 0 Å². The van der Waals surface area contributed by atoms with E-state index in [1.165, 1.54) is 12.8 Å². The zero-order chi connectivity index (χ0) is 10.2. The Balaban J connectivity index is 1.93. The summed E-state index contributed by atoms with van der Waals surface area (Å²) in [6.45, 7) is 0.245. The largest absolute Gasteiger partial charge is 0.396 e. The number of rotatable bonds is 3. The Morgan fingerprint density at radius 3 is 2.00 bits per heavy atom. The molecule has 1 saturated carbocycles. The number of sulfone groups is 1. The van der Waals surface area contributed by atoms with E-state index < -0.39 is 9.84 Å². The van der Waals surface area contributed by atoms with Crippen molar-refractivity contribution in [2.45, 2.75) is 25.7 Å². The van der Waals surface area contributed by atoms with Crippen molar-refractivity contribution in [3.05, 3.63) is 0 Å². The lowest BCUT2D eigenvalue weighted by atomic mass is 9.84. The van der Waals surface area contributed by atoms with Gasteiger partial charge < -0.3 is 5.11 Å². The molecule has 0 radical (unpaired) electrons. The summed E-state index contributed by atoms with van der Waals surface area (Å²) in [5, 5.41) is 9.27. The second-order valence-corrected chi connectivity index (χ2v) is 6.98. The molecule has 3 nitrogen and oxygen atoms in total. The predicted molar refractivity (Wildman–Crippen MR) is 54.7 cm³/mol. The second kappa shape index (κ2) is 3.81. The molecule has 0 aromatic heterocycles. The molecule has 0 spiro atoms. The molecule has 4 heteroatoms. The molecule has 1 heterocycles. The van der Waals surface area contributed by atoms with E-state index in [-0.39, 0.29) is 6.61 Å². The summed E-state index contributed by atoms with van der Waals surface area (Å²) < 4.78 is 22.5. The molecule has 1 aliphatic heterocycles. The van der Waals surface area contributed by atoms with Gasteiger partial charge in [0.1, 0.15) is 9.84 Å². The van der Waals surface area contributed by atoms with Crippen LogP contribution in [0.15, 0.2) is 0 Å². The molecule has 1 N–H and O–H groups in total. The Labute approximate surface area is 85.4 Å². The smallest absolute Gasteiger partial charge is 0.150 e. The van der Waals surface area contributed by atoms with Crippen molar-refractivity contribution in [1.29, 1.82) is 0 Å². The monoisotopic (exact) mass is 218 g/mol. The summed E-state index contributed by atoms with van der Waals surface area (Å²) in [6, 6.07) is 0. The molecule has 1 atom stereocenters. The third kappa shape index (κ3) is 2.28. The summed E-state index contributed by atoms with van der Waals surface area (Å²) in [5.41, 5.74) is 0. The van der Waals surface area contributed by atoms with Gasteiger partial charge in [0.05, 0.1) is 11.5 Å². The van der Waals surface area contributed by atoms with Crippen molar-refractivity contribution in [3.8, 4) is 0 Å². The van der Waals surface area contributed by atoms with Gasteiger partial charge >= 0.3 is 0 Å². The summed E-state index contributed by atoms with van der Waals surface area (Å²) in [6.07, 6.45) is 4.00. The first kappa shape index (κ1) is 10.4. The van der Waals surface area contributed by atoms with Crippen LogP contribution in [-0.4, -0.2) is 31.6 Å². The molecule has 0 aromatic carbocycles. The lowest BCUT2D eigenvalue weighted by Gasteiger charge is -2.28. The minimum atomic E-state index is -2.74. The van der Waals surface area contributed by atoms with Crippen LogP contribution in [0, 0.1) is 17.8 Å². The summed E-state index contributed by atoms with van der Waals surface area (Å²) >= 11 is 0. The van der Waals surface area contributed by atoms with Crippen molar-refractivity contribution < 1.29 is 13.5 Å². The Morgan fingerprint density at radius 2 is 1.57 bits per heavy atom. The Kier molecular flexibility index (Phi) is 2.84. The van der Waals surface area contributed by atoms with Gasteiger partial charge in [-0.3, -0.25) is 0 Å². The highest BCUT2D eigenvalue weighted by molar-refractivity contribution is 7.91. The van der Waals surface area contributed by atoms with Crippen LogP contribution in [0.1, 0.15) is 25.7 Å². The quantitative estimate of drug-likeness (QED) is 0.763. The highest BCUT2D eigenvalue weighted by Gasteiger charge is 2.38. The highest BCUT2D eigenvalue weighted by Crippen LogP contribution is 2.43. The van der Waals surface area contributed by atoms with Gasteiger partial charge in [-0.15, -0.1) is 0 Å². The van der Waals surface area contributed by atoms with Crippen molar-refractivity contribution in [3.63, 3.8) is 0 Å². The van der Waals surface area contributed by atoms with E-state index in [0.717, 1.165) is 12.8 Å². The molecule has 1 unspecified atom stereocenters. The maximum Gasteiger partial charge on any atom is 0.150 e. The van der Waals surface area contributed by atoms with Crippen LogP contribution in [0.5, 0.6) is 0 Å². The molecule has 0 aromatic rings. The third-order valence-electron chi connectivity index (χ3n) is 3.64. The fraction of sp³-hybridized carbons (Fsp3) is 1.00. The number of aliphatic hydroxyl groups is 1. The normalized spacial score (nSPS) is 30.1. The van der Waals surface area contributed by atoms with Gasteiger partial charge in [-0.05, 0) is 43.4 Å². The average molecular weight is 218 g/mol. The lowest BCUT2D eigenvalue weighted by molar-refractivity contribution is 0.148. The van der Waals surface area contributed by atoms with E-state index in [0.29, 0.717) is 29.3 Å². The average Bonchev–Trinajstić information content (AvgIpc) is 2.93. The molecule has 82 valence electrons. The van der Waals surface area contributed by atoms with E-state index >= 15 is 0 Å². The van der Waals surface area contributed by atoms with E-state index in [9.17, 15) is 13.5 Å². The van der Waals surface area contributed by atoms with Gasteiger partial charge in [-0.1, -0.05) is 0 Å². The van der Waals surface area contributed by atoms with E-state index in [1.807, 2.05) is 0 Å². The van der Waals surface area contributed by atoms with Crippen LogP contribution in [0.25, 0.3) is 0 Å². The Hall–Kier alpha value is -0.0900. The van der Waals surface area contributed by atoms with Crippen LogP contribution < -0.4 is 0 Å². The van der Waals surface area contributed by atoms with Crippen LogP contribution in [0.4, 0.5) is 0 Å². The van der Waals surface area contributed by atoms with E-state index in [2.05, 4.69) is 0 Å². The lowest BCUT2D eigenvalue weighted by Crippen LogP contribution is -2.30. The van der Waals surface area contributed by atoms with E-state index in [1.54, 1.807) is 0 Å². The molecule has 1 aliphatic carbocycles. The minimum absolute atomic E-state index is 0.245. The number of hydrogen-bond acceptors (Lipinski definition) is 3. The molecule has 14 heavy (non-hydrogen) atoms. The molecule has 0 amide bonds. The number of aliphatic hydroxyl groups excluding tert-OH is 1. The molecule has 0 bridgehead atoms. The molecule has 1 saturated heterocycles. The van der Waals surface area contributed by atoms with Crippen molar-refractivity contribution in [2.75, 3.05) is 18.1 Å². The summed E-state index contributed by atoms with van der Waals surface area (Å²) in [7, 11) is -2.74. The molecule has 2 fully saturated rings. The minimum Gasteiger partial charge on any atom is -0.396 e. The van der Waals surface area contributed by atoms with E-state index in [4.69, 9.17) is 0 Å². The zero-order valence-electron chi connectivity index (χ0n) is 8.35. The number of hydrogen-bond donors (Lipinski definition) is 1. The maximum absolute atomic E-state index is 11.2. The Bertz CT molecular complexity index is 278. The zero-order valence-corrected chi connectivity index (χ0v) is 9.17. The van der Waals surface area contributed by atoms with Crippen LogP contribution in [0.2, 0.25) is 0 Å². The first-order chi connectivity index (χ1) is 6.62. The fourth-order valence-electron chi connectivity index (χ4n) is 2.54. The van der Waals surface area contributed by atoms with Crippen molar-refractivity contribution in [2.24, 2.45) is 17.8 Å². The molecular formula is C10H18O3S. The molecular weight excluding hydrogens is 200 g/mol. The SMILES string of the molecule is O=S1(=O)CCC(C(CO)C2CC2)CC1. The van der Waals surface area contributed by atoms with Gasteiger partial charge in [-0.2, -0.15) is 0 Å². The van der Waals surface area contributed by atoms with Crippen molar-refractivity contribution in [1.82, 2.24) is 0 Å². The van der Waals surface area contributed by atoms with Crippen LogP contribution in [-0.2, 0) is 9.84 Å². The standard InChI is InChI=1S/C10H18O3S/c11-7-10(8-1-2-8)9-3-5-14(12,13)6-4-9/h8-11H,1-7H2. The summed E-state index contributed by atoms with van der Waals surface area (Å²) in [5.74, 6) is 2.19. The summed E-state index contributed by atoms with van der Waals surface area (Å²) in [4.78, 5) is 0.